The van der Waals surface area contributed by atoms with Crippen molar-refractivity contribution < 1.29 is 4.79 Å². The van der Waals surface area contributed by atoms with Gasteiger partial charge in [0.25, 0.3) is 0 Å². The van der Waals surface area contributed by atoms with Crippen LogP contribution in [-0.4, -0.2) is 17.4 Å². The summed E-state index contributed by atoms with van der Waals surface area (Å²) in [4.78, 5) is 18.7. The zero-order chi connectivity index (χ0) is 13.3. The summed E-state index contributed by atoms with van der Waals surface area (Å²) in [6, 6.07) is 1.95. The van der Waals surface area contributed by atoms with Crippen molar-refractivity contribution in [1.82, 2.24) is 4.98 Å². The van der Waals surface area contributed by atoms with Crippen molar-refractivity contribution >= 4 is 11.6 Å². The summed E-state index contributed by atoms with van der Waals surface area (Å²) < 4.78 is 0. The highest BCUT2D eigenvalue weighted by Gasteiger charge is 2.35. The molecule has 1 aliphatic rings. The maximum atomic E-state index is 12.7. The summed E-state index contributed by atoms with van der Waals surface area (Å²) in [6.07, 6.45) is 5.48. The minimum atomic E-state index is -0.293. The molecule has 0 unspecified atom stereocenters. The van der Waals surface area contributed by atoms with Crippen LogP contribution in [0.5, 0.6) is 0 Å². The van der Waals surface area contributed by atoms with Crippen LogP contribution in [0.15, 0.2) is 18.5 Å². The van der Waals surface area contributed by atoms with Crippen LogP contribution in [0.25, 0.3) is 0 Å². The Morgan fingerprint density at radius 2 is 2.22 bits per heavy atom. The monoisotopic (exact) mass is 246 g/mol. The second-order valence-corrected chi connectivity index (χ2v) is 6.19. The number of hydrogen-bond acceptors (Lipinski definition) is 2. The molecule has 2 heterocycles. The van der Waals surface area contributed by atoms with Gasteiger partial charge in [-0.25, -0.2) is 0 Å². The Labute approximate surface area is 109 Å². The van der Waals surface area contributed by atoms with Crippen LogP contribution >= 0.6 is 0 Å². The van der Waals surface area contributed by atoms with Crippen molar-refractivity contribution in [2.75, 3.05) is 11.4 Å². The molecule has 0 atom stereocenters. The zero-order valence-corrected chi connectivity index (χ0v) is 11.7. The van der Waals surface area contributed by atoms with E-state index in [2.05, 4.69) is 32.7 Å². The first-order valence-electron chi connectivity index (χ1n) is 6.66. The van der Waals surface area contributed by atoms with Gasteiger partial charge in [-0.3, -0.25) is 9.78 Å². The summed E-state index contributed by atoms with van der Waals surface area (Å²) in [7, 11) is 0. The molecule has 0 radical (unpaired) electrons. The Morgan fingerprint density at radius 3 is 2.89 bits per heavy atom. The molecule has 98 valence electrons. The van der Waals surface area contributed by atoms with Crippen molar-refractivity contribution in [1.29, 1.82) is 0 Å². The lowest BCUT2D eigenvalue weighted by molar-refractivity contribution is -0.127. The predicted molar refractivity (Wildman–Crippen MR) is 73.5 cm³/mol. The molecule has 0 bridgehead atoms. The van der Waals surface area contributed by atoms with Crippen molar-refractivity contribution in [2.45, 2.75) is 40.5 Å². The Morgan fingerprint density at radius 1 is 1.50 bits per heavy atom. The number of pyridine rings is 1. The van der Waals surface area contributed by atoms with E-state index in [1.54, 1.807) is 6.20 Å². The van der Waals surface area contributed by atoms with Gasteiger partial charge in [0.15, 0.2) is 0 Å². The lowest BCUT2D eigenvalue weighted by atomic mass is 9.82. The number of nitrogens with zero attached hydrogens (tertiary/aromatic N) is 2. The smallest absolute Gasteiger partial charge is 0.232 e. The Hall–Kier alpha value is -1.38. The SMILES string of the molecule is CC(C)CC(C)(C)C(=O)N1CCc2cnccc21. The van der Waals surface area contributed by atoms with Crippen LogP contribution in [-0.2, 0) is 11.2 Å². The molecule has 1 amide bonds. The van der Waals surface area contributed by atoms with Crippen molar-refractivity contribution in [3.8, 4) is 0 Å². The fourth-order valence-electron chi connectivity index (χ4n) is 2.91. The molecule has 18 heavy (non-hydrogen) atoms. The van der Waals surface area contributed by atoms with Crippen LogP contribution in [0, 0.1) is 11.3 Å². The van der Waals surface area contributed by atoms with Gasteiger partial charge in [-0.05, 0) is 30.4 Å². The minimum absolute atomic E-state index is 0.237. The minimum Gasteiger partial charge on any atom is -0.311 e. The van der Waals surface area contributed by atoms with Gasteiger partial charge >= 0.3 is 0 Å². The third-order valence-electron chi connectivity index (χ3n) is 3.52. The van der Waals surface area contributed by atoms with Crippen molar-refractivity contribution in [2.24, 2.45) is 11.3 Å². The fraction of sp³-hybridized carbons (Fsp3) is 0.600. The number of carbonyl (C=O) groups is 1. The molecule has 0 saturated carbocycles. The highest BCUT2D eigenvalue weighted by atomic mass is 16.2. The number of fused-ring (bicyclic) bond motifs is 1. The van der Waals surface area contributed by atoms with E-state index in [0.717, 1.165) is 25.1 Å². The van der Waals surface area contributed by atoms with E-state index in [4.69, 9.17) is 0 Å². The quantitative estimate of drug-likeness (QED) is 0.821. The van der Waals surface area contributed by atoms with Gasteiger partial charge in [-0.2, -0.15) is 0 Å². The van der Waals surface area contributed by atoms with E-state index in [9.17, 15) is 4.79 Å². The number of hydrogen-bond donors (Lipinski definition) is 0. The third-order valence-corrected chi connectivity index (χ3v) is 3.52. The summed E-state index contributed by atoms with van der Waals surface area (Å²) in [5, 5.41) is 0. The lowest BCUT2D eigenvalue weighted by Gasteiger charge is -2.30. The normalized spacial score (nSPS) is 15.1. The van der Waals surface area contributed by atoms with Gasteiger partial charge in [-0.15, -0.1) is 0 Å². The maximum absolute atomic E-state index is 12.7. The molecule has 1 aliphatic heterocycles. The molecular formula is C15H22N2O. The first-order valence-corrected chi connectivity index (χ1v) is 6.66. The highest BCUT2D eigenvalue weighted by molar-refractivity contribution is 5.98. The third kappa shape index (κ3) is 2.40. The largest absolute Gasteiger partial charge is 0.311 e. The topological polar surface area (TPSA) is 33.2 Å². The van der Waals surface area contributed by atoms with Crippen LogP contribution in [0.2, 0.25) is 0 Å². The van der Waals surface area contributed by atoms with Gasteiger partial charge in [0.05, 0.1) is 0 Å². The number of aromatic nitrogens is 1. The van der Waals surface area contributed by atoms with E-state index < -0.39 is 0 Å². The lowest BCUT2D eigenvalue weighted by Crippen LogP contribution is -2.40. The molecule has 0 spiro atoms. The Bertz CT molecular complexity index is 452. The number of amides is 1. The first-order chi connectivity index (χ1) is 8.42. The first kappa shape index (κ1) is 13.1. The Kier molecular flexibility index (Phi) is 3.42. The zero-order valence-electron chi connectivity index (χ0n) is 11.7. The second-order valence-electron chi connectivity index (χ2n) is 6.19. The number of carbonyl (C=O) groups excluding carboxylic acids is 1. The molecule has 0 fully saturated rings. The molecule has 1 aromatic heterocycles. The van der Waals surface area contributed by atoms with Crippen LogP contribution < -0.4 is 4.90 Å². The van der Waals surface area contributed by atoms with E-state index in [1.807, 2.05) is 17.2 Å². The van der Waals surface area contributed by atoms with Crippen LogP contribution in [0.1, 0.15) is 39.7 Å². The highest BCUT2D eigenvalue weighted by Crippen LogP contribution is 2.34. The summed E-state index contributed by atoms with van der Waals surface area (Å²) in [6.45, 7) is 9.22. The Balaban J connectivity index is 2.21. The molecule has 0 aliphatic carbocycles. The molecule has 3 nitrogen and oxygen atoms in total. The molecule has 3 heteroatoms. The molecular weight excluding hydrogens is 224 g/mol. The molecule has 0 aromatic carbocycles. The molecule has 0 N–H and O–H groups in total. The van der Waals surface area contributed by atoms with E-state index in [1.165, 1.54) is 5.56 Å². The summed E-state index contributed by atoms with van der Waals surface area (Å²) in [5.74, 6) is 0.768. The van der Waals surface area contributed by atoms with Gasteiger partial charge in [0, 0.05) is 30.0 Å². The van der Waals surface area contributed by atoms with Gasteiger partial charge < -0.3 is 4.90 Å². The predicted octanol–water partition coefficient (Wildman–Crippen LogP) is 3.04. The van der Waals surface area contributed by atoms with E-state index in [0.29, 0.717) is 5.92 Å². The molecule has 1 aromatic rings. The van der Waals surface area contributed by atoms with Crippen molar-refractivity contribution in [3.63, 3.8) is 0 Å². The van der Waals surface area contributed by atoms with E-state index in [-0.39, 0.29) is 11.3 Å². The molecule has 2 rings (SSSR count). The maximum Gasteiger partial charge on any atom is 0.232 e. The molecule has 0 saturated heterocycles. The summed E-state index contributed by atoms with van der Waals surface area (Å²) in [5.41, 5.74) is 1.94. The van der Waals surface area contributed by atoms with Crippen molar-refractivity contribution in [3.05, 3.63) is 24.0 Å². The fourth-order valence-corrected chi connectivity index (χ4v) is 2.91. The average Bonchev–Trinajstić information content (AvgIpc) is 2.69. The van der Waals surface area contributed by atoms with Crippen LogP contribution in [0.4, 0.5) is 5.69 Å². The van der Waals surface area contributed by atoms with Crippen LogP contribution in [0.3, 0.4) is 0 Å². The van der Waals surface area contributed by atoms with E-state index >= 15 is 0 Å². The van der Waals surface area contributed by atoms with Gasteiger partial charge in [0.2, 0.25) is 5.91 Å². The second kappa shape index (κ2) is 4.71. The van der Waals surface area contributed by atoms with Gasteiger partial charge in [-0.1, -0.05) is 27.7 Å². The summed E-state index contributed by atoms with van der Waals surface area (Å²) >= 11 is 0. The average molecular weight is 246 g/mol. The number of rotatable bonds is 3. The van der Waals surface area contributed by atoms with Gasteiger partial charge in [0.1, 0.15) is 0 Å². The number of anilines is 1. The standard InChI is InChI=1S/C15H22N2O/c1-11(2)9-15(3,4)14(18)17-8-6-12-10-16-7-5-13(12)17/h5,7,10-11H,6,8-9H2,1-4H3.